The molecule has 0 unspecified atom stereocenters. The number of hydrogen-bond donors (Lipinski definition) is 2. The third-order valence-corrected chi connectivity index (χ3v) is 7.67. The molecule has 208 valence electrons. The minimum absolute atomic E-state index is 0.0416. The lowest BCUT2D eigenvalue weighted by molar-refractivity contribution is -0.292. The van der Waals surface area contributed by atoms with Gasteiger partial charge in [-0.25, -0.2) is 4.79 Å². The molecule has 3 N–H and O–H groups in total. The number of hydrogen-bond acceptors (Lipinski definition) is 7. The normalized spacial score (nSPS) is 20.3. The highest BCUT2D eigenvalue weighted by Gasteiger charge is 2.49. The zero-order valence-electron chi connectivity index (χ0n) is 22.7. The third kappa shape index (κ3) is 9.46. The average molecular weight is 536 g/mol. The van der Waals surface area contributed by atoms with Gasteiger partial charge in [-0.2, -0.15) is 11.8 Å². The SMILES string of the molecule is CC(C)(C)OC(=O)NCCCCCCN(C(=O)[C@@H](N)Cc1ccccc1)[C@@H]1CSCCC12OCCCO2. The van der Waals surface area contributed by atoms with Crippen molar-refractivity contribution < 1.29 is 23.8 Å². The molecule has 2 fully saturated rings. The van der Waals surface area contributed by atoms with Crippen molar-refractivity contribution >= 4 is 23.8 Å². The number of amides is 2. The first-order valence-corrected chi connectivity index (χ1v) is 14.8. The van der Waals surface area contributed by atoms with Crippen LogP contribution in [0.1, 0.15) is 64.9 Å². The van der Waals surface area contributed by atoms with Gasteiger partial charge in [-0.1, -0.05) is 43.2 Å². The molecule has 1 spiro atoms. The standard InChI is InChI=1S/C28H45N3O5S/c1-27(2,3)36-26(33)30-15-9-4-5-10-16-31(25(32)23(29)20-22-12-7-6-8-13-22)24-21-37-19-14-28(24)34-17-11-18-35-28/h6-8,12-13,23-24H,4-5,9-11,14-21,29H2,1-3H3,(H,30,33)/t23-,24+/m0/s1. The fraction of sp³-hybridized carbons (Fsp3) is 0.714. The number of rotatable bonds is 11. The van der Waals surface area contributed by atoms with Gasteiger partial charge in [-0.05, 0) is 57.8 Å². The van der Waals surface area contributed by atoms with Gasteiger partial charge < -0.3 is 30.2 Å². The quantitative estimate of drug-likeness (QED) is 0.411. The van der Waals surface area contributed by atoms with E-state index in [1.165, 1.54) is 0 Å². The highest BCUT2D eigenvalue weighted by molar-refractivity contribution is 7.99. The molecule has 2 aliphatic heterocycles. The molecule has 8 nitrogen and oxygen atoms in total. The molecule has 0 aliphatic carbocycles. The van der Waals surface area contributed by atoms with E-state index < -0.39 is 17.4 Å². The Morgan fingerprint density at radius 1 is 1.16 bits per heavy atom. The Morgan fingerprint density at radius 2 is 1.86 bits per heavy atom. The van der Waals surface area contributed by atoms with E-state index in [-0.39, 0.29) is 18.0 Å². The fourth-order valence-electron chi connectivity index (χ4n) is 4.81. The van der Waals surface area contributed by atoms with Crippen molar-refractivity contribution in [3.63, 3.8) is 0 Å². The van der Waals surface area contributed by atoms with Gasteiger partial charge in [-0.3, -0.25) is 4.79 Å². The first-order valence-electron chi connectivity index (χ1n) is 13.6. The van der Waals surface area contributed by atoms with Gasteiger partial charge in [0.05, 0.1) is 25.3 Å². The molecule has 0 bridgehead atoms. The first kappa shape index (κ1) is 29.7. The lowest BCUT2D eigenvalue weighted by Gasteiger charge is -2.49. The maximum absolute atomic E-state index is 13.7. The van der Waals surface area contributed by atoms with Gasteiger partial charge in [0.2, 0.25) is 5.91 Å². The maximum atomic E-state index is 13.7. The maximum Gasteiger partial charge on any atom is 0.407 e. The third-order valence-electron chi connectivity index (χ3n) is 6.63. The summed E-state index contributed by atoms with van der Waals surface area (Å²) >= 11 is 1.84. The van der Waals surface area contributed by atoms with Crippen molar-refractivity contribution in [3.05, 3.63) is 35.9 Å². The van der Waals surface area contributed by atoms with Gasteiger partial charge >= 0.3 is 6.09 Å². The van der Waals surface area contributed by atoms with Crippen LogP contribution in [0, 0.1) is 0 Å². The van der Waals surface area contributed by atoms with Crippen LogP contribution in [0.2, 0.25) is 0 Å². The van der Waals surface area contributed by atoms with E-state index in [2.05, 4.69) is 5.32 Å². The molecule has 2 saturated heterocycles. The molecule has 2 aliphatic rings. The smallest absolute Gasteiger partial charge is 0.407 e. The summed E-state index contributed by atoms with van der Waals surface area (Å²) in [6.45, 7) is 8.05. The second-order valence-electron chi connectivity index (χ2n) is 10.9. The Balaban J connectivity index is 1.57. The zero-order valence-corrected chi connectivity index (χ0v) is 23.5. The molecule has 37 heavy (non-hydrogen) atoms. The molecular formula is C28H45N3O5S. The van der Waals surface area contributed by atoms with E-state index in [1.54, 1.807) is 0 Å². The monoisotopic (exact) mass is 535 g/mol. The fourth-order valence-corrected chi connectivity index (χ4v) is 6.06. The van der Waals surface area contributed by atoms with E-state index >= 15 is 0 Å². The summed E-state index contributed by atoms with van der Waals surface area (Å²) in [4.78, 5) is 27.5. The Kier molecular flexibility index (Phi) is 11.6. The first-order chi connectivity index (χ1) is 17.7. The second-order valence-corrected chi connectivity index (χ2v) is 12.0. The van der Waals surface area contributed by atoms with Gasteiger partial charge in [-0.15, -0.1) is 0 Å². The van der Waals surface area contributed by atoms with Crippen molar-refractivity contribution in [3.8, 4) is 0 Å². The van der Waals surface area contributed by atoms with Crippen LogP contribution in [0.4, 0.5) is 4.79 Å². The Morgan fingerprint density at radius 3 is 2.57 bits per heavy atom. The number of benzene rings is 1. The lowest BCUT2D eigenvalue weighted by atomic mass is 9.98. The van der Waals surface area contributed by atoms with E-state index in [0.29, 0.717) is 32.7 Å². The van der Waals surface area contributed by atoms with Crippen LogP contribution in [0.15, 0.2) is 30.3 Å². The van der Waals surface area contributed by atoms with Crippen molar-refractivity contribution in [1.82, 2.24) is 10.2 Å². The molecule has 2 amide bonds. The molecule has 1 aromatic carbocycles. The minimum atomic E-state index is -0.733. The molecule has 3 rings (SSSR count). The molecule has 2 heterocycles. The molecule has 9 heteroatoms. The van der Waals surface area contributed by atoms with Gasteiger partial charge in [0, 0.05) is 25.3 Å². The number of nitrogens with one attached hydrogen (secondary N) is 1. The summed E-state index contributed by atoms with van der Waals surface area (Å²) in [7, 11) is 0. The second kappa shape index (κ2) is 14.4. The summed E-state index contributed by atoms with van der Waals surface area (Å²) < 4.78 is 17.8. The largest absolute Gasteiger partial charge is 0.444 e. The minimum Gasteiger partial charge on any atom is -0.444 e. The van der Waals surface area contributed by atoms with Gasteiger partial charge in [0.15, 0.2) is 5.79 Å². The van der Waals surface area contributed by atoms with Crippen LogP contribution in [0.3, 0.4) is 0 Å². The van der Waals surface area contributed by atoms with E-state index in [4.69, 9.17) is 19.9 Å². The Bertz CT molecular complexity index is 834. The van der Waals surface area contributed by atoms with Crippen molar-refractivity contribution in [2.24, 2.45) is 5.73 Å². The predicted octanol–water partition coefficient (Wildman–Crippen LogP) is 4.11. The average Bonchev–Trinajstić information content (AvgIpc) is 2.86. The molecule has 0 aromatic heterocycles. The molecule has 2 atom stereocenters. The number of nitrogens with two attached hydrogens (primary N) is 1. The lowest BCUT2D eigenvalue weighted by Crippen LogP contribution is -2.64. The predicted molar refractivity (Wildman–Crippen MR) is 148 cm³/mol. The summed E-state index contributed by atoms with van der Waals surface area (Å²) in [5, 5.41) is 2.81. The van der Waals surface area contributed by atoms with E-state index in [0.717, 1.165) is 55.6 Å². The summed E-state index contributed by atoms with van der Waals surface area (Å²) in [6, 6.07) is 9.15. The number of thioether (sulfide) groups is 1. The number of ether oxygens (including phenoxy) is 3. The molecule has 1 aromatic rings. The van der Waals surface area contributed by atoms with Crippen molar-refractivity contribution in [2.45, 2.75) is 89.2 Å². The molecular weight excluding hydrogens is 490 g/mol. The number of unbranched alkanes of at least 4 members (excludes halogenated alkanes) is 3. The van der Waals surface area contributed by atoms with Crippen LogP contribution in [0.25, 0.3) is 0 Å². The van der Waals surface area contributed by atoms with Crippen LogP contribution >= 0.6 is 11.8 Å². The van der Waals surface area contributed by atoms with Crippen LogP contribution in [0.5, 0.6) is 0 Å². The zero-order chi connectivity index (χ0) is 26.7. The summed E-state index contributed by atoms with van der Waals surface area (Å²) in [5.41, 5.74) is 7.04. The summed E-state index contributed by atoms with van der Waals surface area (Å²) in [5.74, 6) is 0.964. The van der Waals surface area contributed by atoms with Crippen molar-refractivity contribution in [1.29, 1.82) is 0 Å². The Labute approximate surface area is 226 Å². The van der Waals surface area contributed by atoms with Crippen LogP contribution in [-0.2, 0) is 25.4 Å². The summed E-state index contributed by atoms with van der Waals surface area (Å²) in [6.07, 6.45) is 5.37. The highest BCUT2D eigenvalue weighted by atomic mass is 32.2. The number of carbonyl (C=O) groups is 2. The number of alkyl carbamates (subject to hydrolysis) is 1. The van der Waals surface area contributed by atoms with Crippen molar-refractivity contribution in [2.75, 3.05) is 37.8 Å². The number of nitrogens with zero attached hydrogens (tertiary/aromatic N) is 1. The van der Waals surface area contributed by atoms with E-state index in [1.807, 2.05) is 67.8 Å². The van der Waals surface area contributed by atoms with Gasteiger partial charge in [0.25, 0.3) is 0 Å². The van der Waals surface area contributed by atoms with Gasteiger partial charge in [0.1, 0.15) is 5.60 Å². The van der Waals surface area contributed by atoms with Crippen LogP contribution in [-0.4, -0.2) is 78.2 Å². The highest BCUT2D eigenvalue weighted by Crippen LogP contribution is 2.37. The number of carbonyl (C=O) groups excluding carboxylic acids is 2. The molecule has 0 saturated carbocycles. The van der Waals surface area contributed by atoms with E-state index in [9.17, 15) is 9.59 Å². The molecule has 0 radical (unpaired) electrons. The Hall–Kier alpha value is -1.81. The van der Waals surface area contributed by atoms with Crippen LogP contribution < -0.4 is 11.1 Å². The topological polar surface area (TPSA) is 103 Å².